The topological polar surface area (TPSA) is 169 Å². The van der Waals surface area contributed by atoms with Gasteiger partial charge in [0.1, 0.15) is 11.6 Å². The minimum atomic E-state index is -4.04. The highest BCUT2D eigenvalue weighted by molar-refractivity contribution is 7.90. The molecule has 13 nitrogen and oxygen atoms in total. The molecule has 3 aliphatic heterocycles. The van der Waals surface area contributed by atoms with Crippen LogP contribution in [0, 0.1) is 0 Å². The number of nitrogens with one attached hydrogen (secondary N) is 2. The Balaban J connectivity index is 0.00000220. The van der Waals surface area contributed by atoms with Crippen LogP contribution in [0.1, 0.15) is 27.1 Å². The van der Waals surface area contributed by atoms with Gasteiger partial charge in [-0.05, 0) is 38.4 Å². The SMILES string of the molecule is CN1C[C@H](OC(=O)N2CCC(N3CCOCC3)C2)C[C@H]1C(=O)NC1(C(=O)NS(=O)(=O)c2ccccc2)CC1.O.[HH]. The number of carbonyl (C=O) groups is 3. The van der Waals surface area contributed by atoms with Crippen molar-refractivity contribution < 1.29 is 39.2 Å². The fraction of sp³-hybridized carbons (Fsp3) is 0.640. The molecule has 1 aliphatic carbocycles. The predicted octanol–water partition coefficient (Wildman–Crippen LogP) is -0.823. The lowest BCUT2D eigenvalue weighted by atomic mass is 10.1. The van der Waals surface area contributed by atoms with Crippen LogP contribution >= 0.6 is 0 Å². The van der Waals surface area contributed by atoms with Crippen LogP contribution in [0.4, 0.5) is 4.79 Å². The lowest BCUT2D eigenvalue weighted by Crippen LogP contribution is -2.54. The van der Waals surface area contributed by atoms with Gasteiger partial charge in [-0.25, -0.2) is 17.9 Å². The Labute approximate surface area is 229 Å². The number of hydrogen-bond acceptors (Lipinski definition) is 9. The van der Waals surface area contributed by atoms with E-state index in [1.165, 1.54) is 12.1 Å². The maximum absolute atomic E-state index is 13.1. The second-order valence-corrected chi connectivity index (χ2v) is 12.2. The van der Waals surface area contributed by atoms with Crippen LogP contribution in [0.15, 0.2) is 35.2 Å². The molecule has 3 saturated heterocycles. The van der Waals surface area contributed by atoms with Gasteiger partial charge in [-0.2, -0.15) is 0 Å². The maximum Gasteiger partial charge on any atom is 0.410 e. The van der Waals surface area contributed by atoms with Crippen molar-refractivity contribution in [3.05, 3.63) is 30.3 Å². The quantitative estimate of drug-likeness (QED) is 0.426. The van der Waals surface area contributed by atoms with Crippen LogP contribution in [0.2, 0.25) is 0 Å². The minimum absolute atomic E-state index is 0. The van der Waals surface area contributed by atoms with Crippen molar-refractivity contribution in [2.75, 3.05) is 53.0 Å². The zero-order valence-corrected chi connectivity index (χ0v) is 22.8. The molecule has 3 heterocycles. The number of amides is 3. The van der Waals surface area contributed by atoms with Gasteiger partial charge in [0.05, 0.1) is 24.2 Å². The van der Waals surface area contributed by atoms with E-state index in [1.807, 2.05) is 0 Å². The van der Waals surface area contributed by atoms with Crippen LogP contribution < -0.4 is 10.0 Å². The van der Waals surface area contributed by atoms with Crippen molar-refractivity contribution >= 4 is 27.9 Å². The summed E-state index contributed by atoms with van der Waals surface area (Å²) in [7, 11) is -2.28. The molecular formula is C25H39N5O8S. The molecule has 0 bridgehead atoms. The maximum atomic E-state index is 13.1. The smallest absolute Gasteiger partial charge is 0.410 e. The second-order valence-electron chi connectivity index (χ2n) is 10.6. The molecule has 3 amide bonds. The second kappa shape index (κ2) is 11.8. The zero-order valence-electron chi connectivity index (χ0n) is 22.0. The molecule has 4 aliphatic rings. The first-order valence-corrected chi connectivity index (χ1v) is 14.6. The van der Waals surface area contributed by atoms with Crippen LogP contribution in [-0.2, 0) is 29.1 Å². The summed E-state index contributed by atoms with van der Waals surface area (Å²) in [6.07, 6.45) is 1.08. The summed E-state index contributed by atoms with van der Waals surface area (Å²) in [6, 6.07) is 7.32. The molecule has 3 atom stereocenters. The van der Waals surface area contributed by atoms with E-state index in [2.05, 4.69) is 14.9 Å². The summed E-state index contributed by atoms with van der Waals surface area (Å²) >= 11 is 0. The van der Waals surface area contributed by atoms with Crippen molar-refractivity contribution in [2.45, 2.75) is 54.3 Å². The Bertz CT molecular complexity index is 1160. The van der Waals surface area contributed by atoms with E-state index in [-0.39, 0.29) is 23.8 Å². The summed E-state index contributed by atoms with van der Waals surface area (Å²) in [5.41, 5.74) is -1.25. The highest BCUT2D eigenvalue weighted by atomic mass is 32.2. The van der Waals surface area contributed by atoms with Crippen molar-refractivity contribution in [2.24, 2.45) is 0 Å². The molecule has 1 unspecified atom stereocenters. The normalized spacial score (nSPS) is 26.9. The van der Waals surface area contributed by atoms with E-state index in [1.54, 1.807) is 35.0 Å². The van der Waals surface area contributed by atoms with Crippen molar-refractivity contribution in [3.63, 3.8) is 0 Å². The lowest BCUT2D eigenvalue weighted by molar-refractivity contribution is -0.131. The monoisotopic (exact) mass is 569 g/mol. The third-order valence-corrected chi connectivity index (χ3v) is 9.24. The largest absolute Gasteiger partial charge is 0.445 e. The van der Waals surface area contributed by atoms with Gasteiger partial charge in [0, 0.05) is 46.6 Å². The van der Waals surface area contributed by atoms with Crippen molar-refractivity contribution in [1.82, 2.24) is 24.7 Å². The molecule has 1 saturated carbocycles. The summed E-state index contributed by atoms with van der Waals surface area (Å²) in [5, 5.41) is 2.76. The Morgan fingerprint density at radius 1 is 1.08 bits per heavy atom. The van der Waals surface area contributed by atoms with Gasteiger partial charge in [0.15, 0.2) is 0 Å². The number of hydrogen-bond donors (Lipinski definition) is 2. The van der Waals surface area contributed by atoms with Crippen LogP contribution in [-0.4, -0.2) is 123 Å². The number of likely N-dealkylation sites (N-methyl/N-ethyl adjacent to an activating group) is 1. The van der Waals surface area contributed by atoms with Crippen molar-refractivity contribution in [3.8, 4) is 0 Å². The van der Waals surface area contributed by atoms with E-state index in [4.69, 9.17) is 9.47 Å². The molecule has 1 aromatic carbocycles. The van der Waals surface area contributed by atoms with Gasteiger partial charge in [0.2, 0.25) is 5.91 Å². The molecule has 0 aromatic heterocycles. The lowest BCUT2D eigenvalue weighted by Gasteiger charge is -2.32. The number of nitrogens with zero attached hydrogens (tertiary/aromatic N) is 3. The average Bonchev–Trinajstić information content (AvgIpc) is 3.35. The van der Waals surface area contributed by atoms with E-state index in [9.17, 15) is 22.8 Å². The fourth-order valence-corrected chi connectivity index (χ4v) is 6.51. The molecule has 39 heavy (non-hydrogen) atoms. The molecule has 218 valence electrons. The highest BCUT2D eigenvalue weighted by Gasteiger charge is 2.53. The molecule has 5 rings (SSSR count). The molecule has 0 spiro atoms. The first-order valence-electron chi connectivity index (χ1n) is 13.1. The number of likely N-dealkylation sites (tertiary alicyclic amines) is 2. The molecule has 0 radical (unpaired) electrons. The number of rotatable bonds is 7. The predicted molar refractivity (Wildman–Crippen MR) is 141 cm³/mol. The van der Waals surface area contributed by atoms with Gasteiger partial charge in [-0.15, -0.1) is 0 Å². The van der Waals surface area contributed by atoms with Gasteiger partial charge in [-0.3, -0.25) is 19.4 Å². The Morgan fingerprint density at radius 2 is 1.77 bits per heavy atom. The first-order chi connectivity index (χ1) is 18.2. The molecule has 4 fully saturated rings. The third-order valence-electron chi connectivity index (χ3n) is 7.89. The Kier molecular flexibility index (Phi) is 8.81. The third kappa shape index (κ3) is 6.52. The summed E-state index contributed by atoms with van der Waals surface area (Å²) < 4.78 is 38.4. The molecule has 4 N–H and O–H groups in total. The number of carbonyl (C=O) groups excluding carboxylic acids is 3. The standard InChI is InChI=1S/C25H35N5O7S.H2O.H2/c1-28-17-19(37-24(33)30-10-7-18(16-30)29-11-13-36-14-12-29)15-21(28)22(31)26-25(8-9-25)23(32)27-38(34,35)20-5-3-2-4-6-20;;/h2-6,18-19,21H,7-17H2,1H3,(H,26,31)(H,27,32);1H2;1H/t18?,19-,21+;;/m1../s1. The number of morpholine rings is 1. The minimum Gasteiger partial charge on any atom is -0.445 e. The van der Waals surface area contributed by atoms with E-state index in [0.717, 1.165) is 19.5 Å². The highest BCUT2D eigenvalue weighted by Crippen LogP contribution is 2.37. The molecular weight excluding hydrogens is 530 g/mol. The molecule has 1 aromatic rings. The number of benzene rings is 1. The summed E-state index contributed by atoms with van der Waals surface area (Å²) in [6.45, 7) is 4.82. The van der Waals surface area contributed by atoms with Crippen LogP contribution in [0.25, 0.3) is 0 Å². The fourth-order valence-electron chi connectivity index (χ4n) is 5.44. The summed E-state index contributed by atoms with van der Waals surface area (Å²) in [5.74, 6) is -1.13. The first kappa shape index (κ1) is 29.2. The number of sulfonamides is 1. The van der Waals surface area contributed by atoms with E-state index < -0.39 is 33.6 Å². The zero-order chi connectivity index (χ0) is 26.9. The van der Waals surface area contributed by atoms with Crippen LogP contribution in [0.3, 0.4) is 0 Å². The van der Waals surface area contributed by atoms with E-state index in [0.29, 0.717) is 58.2 Å². The van der Waals surface area contributed by atoms with Gasteiger partial charge in [0.25, 0.3) is 15.9 Å². The van der Waals surface area contributed by atoms with Crippen molar-refractivity contribution in [1.29, 1.82) is 0 Å². The van der Waals surface area contributed by atoms with Gasteiger partial charge < -0.3 is 25.2 Å². The van der Waals surface area contributed by atoms with Gasteiger partial charge in [-0.1, -0.05) is 18.2 Å². The van der Waals surface area contributed by atoms with E-state index >= 15 is 0 Å². The number of ether oxygens (including phenoxy) is 2. The molecule has 14 heteroatoms. The van der Waals surface area contributed by atoms with Crippen LogP contribution in [0.5, 0.6) is 0 Å². The average molecular weight is 570 g/mol. The Hall–Kier alpha value is -2.78. The Morgan fingerprint density at radius 3 is 2.44 bits per heavy atom. The summed E-state index contributed by atoms with van der Waals surface area (Å²) in [4.78, 5) is 44.6. The van der Waals surface area contributed by atoms with Gasteiger partial charge >= 0.3 is 6.09 Å².